The lowest BCUT2D eigenvalue weighted by molar-refractivity contribution is -0.142. The predicted octanol–water partition coefficient (Wildman–Crippen LogP) is 2.33. The second-order valence-corrected chi connectivity index (χ2v) is 7.88. The van der Waals surface area contributed by atoms with Crippen molar-refractivity contribution in [2.45, 2.75) is 51.6 Å². The molecule has 0 aromatic heterocycles. The quantitative estimate of drug-likeness (QED) is 0.385. The lowest BCUT2D eigenvalue weighted by Crippen LogP contribution is -2.55. The van der Waals surface area contributed by atoms with E-state index in [9.17, 15) is 4.79 Å². The lowest BCUT2D eigenvalue weighted by atomic mass is 9.82. The average Bonchev–Trinajstić information content (AvgIpc) is 3.17. The summed E-state index contributed by atoms with van der Waals surface area (Å²) in [5.74, 6) is 2.79. The van der Waals surface area contributed by atoms with Gasteiger partial charge < -0.3 is 19.9 Å². The Labute approximate surface area is 175 Å². The molecule has 7 heteroatoms. The van der Waals surface area contributed by atoms with Crippen molar-refractivity contribution in [1.82, 2.24) is 15.1 Å². The standard InChI is InChI=1S/C19H34N4O2.HI/c1-15-5-3-6-16(13-15)14-21-19(20-2)23-10-8-22(9-11-23)18(24)17-7-4-12-25-17;/h15-17H,3-14H2,1-2H3,(H,20,21);1H. The van der Waals surface area contributed by atoms with Gasteiger partial charge in [-0.2, -0.15) is 0 Å². The van der Waals surface area contributed by atoms with Crippen LogP contribution in [0.25, 0.3) is 0 Å². The highest BCUT2D eigenvalue weighted by Gasteiger charge is 2.31. The Bertz CT molecular complexity index is 474. The molecule has 0 aromatic rings. The summed E-state index contributed by atoms with van der Waals surface area (Å²) < 4.78 is 5.54. The van der Waals surface area contributed by atoms with Crippen LogP contribution in [-0.4, -0.2) is 74.1 Å². The maximum atomic E-state index is 12.4. The molecule has 150 valence electrons. The molecule has 0 aromatic carbocycles. The average molecular weight is 478 g/mol. The van der Waals surface area contributed by atoms with Crippen molar-refractivity contribution in [2.24, 2.45) is 16.8 Å². The molecule has 3 aliphatic rings. The summed E-state index contributed by atoms with van der Waals surface area (Å²) in [7, 11) is 1.86. The van der Waals surface area contributed by atoms with E-state index in [-0.39, 0.29) is 36.0 Å². The Morgan fingerprint density at radius 3 is 2.46 bits per heavy atom. The van der Waals surface area contributed by atoms with Gasteiger partial charge in [0.1, 0.15) is 6.10 Å². The topological polar surface area (TPSA) is 57.2 Å². The number of hydrogen-bond donors (Lipinski definition) is 1. The number of hydrogen-bond acceptors (Lipinski definition) is 3. The van der Waals surface area contributed by atoms with Gasteiger partial charge in [-0.1, -0.05) is 19.8 Å². The first-order valence-corrected chi connectivity index (χ1v) is 10.0. The zero-order valence-electron chi connectivity index (χ0n) is 16.3. The van der Waals surface area contributed by atoms with Crippen LogP contribution in [0.2, 0.25) is 0 Å². The first kappa shape index (κ1) is 21.7. The molecule has 3 unspecified atom stereocenters. The number of nitrogens with one attached hydrogen (secondary N) is 1. The van der Waals surface area contributed by atoms with Gasteiger partial charge in [0.2, 0.25) is 0 Å². The summed E-state index contributed by atoms with van der Waals surface area (Å²) >= 11 is 0. The van der Waals surface area contributed by atoms with Crippen molar-refractivity contribution in [2.75, 3.05) is 46.4 Å². The minimum absolute atomic E-state index is 0. The minimum atomic E-state index is -0.197. The molecule has 26 heavy (non-hydrogen) atoms. The summed E-state index contributed by atoms with van der Waals surface area (Å²) in [6, 6.07) is 0. The van der Waals surface area contributed by atoms with Gasteiger partial charge in [-0.05, 0) is 37.5 Å². The number of amides is 1. The van der Waals surface area contributed by atoms with Crippen LogP contribution in [-0.2, 0) is 9.53 Å². The largest absolute Gasteiger partial charge is 0.368 e. The van der Waals surface area contributed by atoms with E-state index in [1.165, 1.54) is 25.7 Å². The number of ether oxygens (including phenoxy) is 1. The molecule has 3 atom stereocenters. The summed E-state index contributed by atoms with van der Waals surface area (Å²) in [5.41, 5.74) is 0. The summed E-state index contributed by atoms with van der Waals surface area (Å²) in [4.78, 5) is 21.2. The van der Waals surface area contributed by atoms with Crippen molar-refractivity contribution >= 4 is 35.8 Å². The lowest BCUT2D eigenvalue weighted by Gasteiger charge is -2.38. The maximum absolute atomic E-state index is 12.4. The van der Waals surface area contributed by atoms with Crippen molar-refractivity contribution in [3.05, 3.63) is 0 Å². The Hall–Kier alpha value is -0.570. The van der Waals surface area contributed by atoms with Crippen molar-refractivity contribution < 1.29 is 9.53 Å². The van der Waals surface area contributed by atoms with Crippen molar-refractivity contribution in [3.8, 4) is 0 Å². The number of piperazine rings is 1. The fourth-order valence-corrected chi connectivity index (χ4v) is 4.43. The second kappa shape index (κ2) is 10.7. The molecule has 1 saturated carbocycles. The zero-order valence-corrected chi connectivity index (χ0v) is 18.6. The number of nitrogens with zero attached hydrogens (tertiary/aromatic N) is 3. The van der Waals surface area contributed by atoms with Gasteiger partial charge in [0.25, 0.3) is 5.91 Å². The number of aliphatic imine (C=N–C) groups is 1. The molecule has 1 amide bonds. The molecule has 0 spiro atoms. The second-order valence-electron chi connectivity index (χ2n) is 7.88. The SMILES string of the molecule is CN=C(NCC1CCCC(C)C1)N1CCN(C(=O)C2CCCO2)CC1.I. The van der Waals surface area contributed by atoms with E-state index in [2.05, 4.69) is 22.1 Å². The van der Waals surface area contributed by atoms with Crippen LogP contribution in [0.15, 0.2) is 4.99 Å². The highest BCUT2D eigenvalue weighted by molar-refractivity contribution is 14.0. The minimum Gasteiger partial charge on any atom is -0.368 e. The van der Waals surface area contributed by atoms with E-state index in [1.807, 2.05) is 11.9 Å². The Morgan fingerprint density at radius 1 is 1.12 bits per heavy atom. The van der Waals surface area contributed by atoms with Crippen molar-refractivity contribution in [3.63, 3.8) is 0 Å². The number of rotatable bonds is 3. The third-order valence-corrected chi connectivity index (χ3v) is 5.90. The van der Waals surface area contributed by atoms with Crippen LogP contribution in [0.5, 0.6) is 0 Å². The van der Waals surface area contributed by atoms with E-state index in [1.54, 1.807) is 0 Å². The maximum Gasteiger partial charge on any atom is 0.251 e. The van der Waals surface area contributed by atoms with Gasteiger partial charge in [0.05, 0.1) is 0 Å². The van der Waals surface area contributed by atoms with Crippen molar-refractivity contribution in [1.29, 1.82) is 0 Å². The fourth-order valence-electron chi connectivity index (χ4n) is 4.43. The number of halogens is 1. The van der Waals surface area contributed by atoms with E-state index < -0.39 is 0 Å². The van der Waals surface area contributed by atoms with Crippen LogP contribution < -0.4 is 5.32 Å². The number of carbonyl (C=O) groups is 1. The zero-order chi connectivity index (χ0) is 17.6. The number of guanidine groups is 1. The first-order chi connectivity index (χ1) is 12.2. The Balaban J connectivity index is 0.00000243. The van der Waals surface area contributed by atoms with Gasteiger partial charge in [-0.15, -0.1) is 24.0 Å². The van der Waals surface area contributed by atoms with E-state index >= 15 is 0 Å². The van der Waals surface area contributed by atoms with Gasteiger partial charge >= 0.3 is 0 Å². The molecule has 3 fully saturated rings. The van der Waals surface area contributed by atoms with E-state index in [0.29, 0.717) is 0 Å². The van der Waals surface area contributed by atoms with Gasteiger partial charge in [-0.25, -0.2) is 0 Å². The van der Waals surface area contributed by atoms with Gasteiger partial charge in [0.15, 0.2) is 5.96 Å². The molecule has 3 rings (SSSR count). The Kier molecular flexibility index (Phi) is 8.93. The molecule has 6 nitrogen and oxygen atoms in total. The highest BCUT2D eigenvalue weighted by Crippen LogP contribution is 2.28. The van der Waals surface area contributed by atoms with Crippen LogP contribution >= 0.6 is 24.0 Å². The Morgan fingerprint density at radius 2 is 1.85 bits per heavy atom. The molecule has 0 radical (unpaired) electrons. The molecule has 1 aliphatic carbocycles. The molecule has 2 heterocycles. The fraction of sp³-hybridized carbons (Fsp3) is 0.895. The summed E-state index contributed by atoms with van der Waals surface area (Å²) in [5, 5.41) is 3.58. The van der Waals surface area contributed by atoms with E-state index in [4.69, 9.17) is 4.74 Å². The molecule has 2 saturated heterocycles. The van der Waals surface area contributed by atoms with E-state index in [0.717, 1.165) is 70.0 Å². The van der Waals surface area contributed by atoms with Crippen LogP contribution in [0.4, 0.5) is 0 Å². The third-order valence-electron chi connectivity index (χ3n) is 5.90. The predicted molar refractivity (Wildman–Crippen MR) is 115 cm³/mol. The molecule has 2 aliphatic heterocycles. The monoisotopic (exact) mass is 478 g/mol. The normalized spacial score (nSPS) is 30.1. The van der Waals surface area contributed by atoms with Crippen LogP contribution in [0.1, 0.15) is 45.4 Å². The highest BCUT2D eigenvalue weighted by atomic mass is 127. The van der Waals surface area contributed by atoms with Crippen LogP contribution in [0.3, 0.4) is 0 Å². The number of carbonyl (C=O) groups excluding carboxylic acids is 1. The third kappa shape index (κ3) is 5.71. The van der Waals surface area contributed by atoms with Gasteiger partial charge in [-0.3, -0.25) is 9.79 Å². The van der Waals surface area contributed by atoms with Gasteiger partial charge in [0, 0.05) is 46.4 Å². The molecule has 1 N–H and O–H groups in total. The summed E-state index contributed by atoms with van der Waals surface area (Å²) in [6.45, 7) is 7.34. The smallest absolute Gasteiger partial charge is 0.251 e. The molecular formula is C19H35IN4O2. The summed E-state index contributed by atoms with van der Waals surface area (Å²) in [6.07, 6.45) is 7.08. The first-order valence-electron chi connectivity index (χ1n) is 10.0. The van der Waals surface area contributed by atoms with Crippen LogP contribution in [0, 0.1) is 11.8 Å². The molecule has 0 bridgehead atoms. The molecular weight excluding hydrogens is 443 g/mol.